The quantitative estimate of drug-likeness (QED) is 0.757. The van der Waals surface area contributed by atoms with Crippen LogP contribution in [0.1, 0.15) is 25.0 Å². The summed E-state index contributed by atoms with van der Waals surface area (Å²) < 4.78 is 5.38. The average Bonchev–Trinajstić information content (AvgIpc) is 2.68. The minimum absolute atomic E-state index is 0.223. The second-order valence-electron chi connectivity index (χ2n) is 6.90. The third kappa shape index (κ3) is 5.28. The largest absolute Gasteiger partial charge is 0.441 e. The van der Waals surface area contributed by atoms with E-state index in [1.165, 1.54) is 0 Å². The van der Waals surface area contributed by atoms with Crippen molar-refractivity contribution in [2.45, 2.75) is 25.5 Å². The van der Waals surface area contributed by atoms with Crippen molar-refractivity contribution >= 4 is 35.1 Å². The third-order valence-corrected chi connectivity index (χ3v) is 5.50. The van der Waals surface area contributed by atoms with E-state index in [0.29, 0.717) is 16.5 Å². The van der Waals surface area contributed by atoms with Crippen molar-refractivity contribution in [2.75, 3.05) is 31.1 Å². The van der Waals surface area contributed by atoms with Gasteiger partial charge in [-0.15, -0.1) is 0 Å². The van der Waals surface area contributed by atoms with Gasteiger partial charge in [0.15, 0.2) is 0 Å². The molecule has 1 aromatic heterocycles. The molecule has 6 nitrogen and oxygen atoms in total. The number of benzene rings is 1. The number of carbonyl (C=O) groups is 1. The summed E-state index contributed by atoms with van der Waals surface area (Å²) in [5.41, 5.74) is 6.23. The van der Waals surface area contributed by atoms with E-state index < -0.39 is 6.09 Å². The number of ether oxygens (including phenoxy) is 1. The fourth-order valence-corrected chi connectivity index (χ4v) is 4.03. The number of rotatable bonds is 6. The summed E-state index contributed by atoms with van der Waals surface area (Å²) in [6.07, 6.45) is 1.17. The average molecular weight is 423 g/mol. The summed E-state index contributed by atoms with van der Waals surface area (Å²) in [4.78, 5) is 20.3. The van der Waals surface area contributed by atoms with Crippen LogP contribution in [-0.2, 0) is 4.74 Å². The molecule has 1 amide bonds. The molecule has 28 heavy (non-hydrogen) atoms. The highest BCUT2D eigenvalue weighted by Gasteiger charge is 2.26. The smallest absolute Gasteiger partial charge is 0.405 e. The maximum absolute atomic E-state index is 11.3. The summed E-state index contributed by atoms with van der Waals surface area (Å²) in [6.45, 7) is 5.49. The van der Waals surface area contributed by atoms with Crippen LogP contribution in [0.5, 0.6) is 0 Å². The Morgan fingerprint density at radius 1 is 1.21 bits per heavy atom. The Morgan fingerprint density at radius 3 is 2.50 bits per heavy atom. The first kappa shape index (κ1) is 20.7. The molecule has 0 aliphatic carbocycles. The molecule has 2 atom stereocenters. The zero-order valence-electron chi connectivity index (χ0n) is 15.7. The maximum Gasteiger partial charge on any atom is 0.405 e. The van der Waals surface area contributed by atoms with Gasteiger partial charge in [0.25, 0.3) is 0 Å². The molecule has 1 aliphatic rings. The van der Waals surface area contributed by atoms with Crippen molar-refractivity contribution in [3.63, 3.8) is 0 Å². The lowest BCUT2D eigenvalue weighted by atomic mass is 10.0. The fourth-order valence-electron chi connectivity index (χ4n) is 3.53. The lowest BCUT2D eigenvalue weighted by Gasteiger charge is -2.39. The Kier molecular flexibility index (Phi) is 6.99. The zero-order chi connectivity index (χ0) is 20.1. The van der Waals surface area contributed by atoms with Gasteiger partial charge in [-0.2, -0.15) is 0 Å². The van der Waals surface area contributed by atoms with E-state index in [1.54, 1.807) is 12.3 Å². The Labute approximate surface area is 175 Å². The molecule has 2 aromatic rings. The fraction of sp³-hybridized carbons (Fsp3) is 0.400. The van der Waals surface area contributed by atoms with E-state index in [9.17, 15) is 4.79 Å². The molecule has 2 heterocycles. The number of pyridine rings is 1. The van der Waals surface area contributed by atoms with E-state index in [-0.39, 0.29) is 12.1 Å². The zero-order valence-corrected chi connectivity index (χ0v) is 17.2. The van der Waals surface area contributed by atoms with Crippen LogP contribution in [-0.4, -0.2) is 48.2 Å². The van der Waals surface area contributed by atoms with Gasteiger partial charge in [-0.05, 0) is 18.6 Å². The first-order chi connectivity index (χ1) is 13.4. The van der Waals surface area contributed by atoms with E-state index >= 15 is 0 Å². The number of anilines is 1. The van der Waals surface area contributed by atoms with Gasteiger partial charge in [0.05, 0.1) is 10.0 Å². The number of nitrogens with two attached hydrogens (primary N) is 1. The maximum atomic E-state index is 11.3. The minimum Gasteiger partial charge on any atom is -0.441 e. The molecule has 0 spiro atoms. The van der Waals surface area contributed by atoms with E-state index in [2.05, 4.69) is 21.7 Å². The molecular weight excluding hydrogens is 399 g/mol. The van der Waals surface area contributed by atoms with Crippen LogP contribution in [0.4, 0.5) is 10.6 Å². The van der Waals surface area contributed by atoms with Gasteiger partial charge in [0.2, 0.25) is 0 Å². The Bertz CT molecular complexity index is 798. The van der Waals surface area contributed by atoms with Crippen molar-refractivity contribution in [3.8, 4) is 0 Å². The lowest BCUT2D eigenvalue weighted by Crippen LogP contribution is -2.50. The number of carbonyl (C=O) groups excluding carboxylic acids is 1. The number of nitrogens with zero attached hydrogens (tertiary/aromatic N) is 3. The van der Waals surface area contributed by atoms with Gasteiger partial charge in [-0.3, -0.25) is 4.90 Å². The molecule has 8 heteroatoms. The number of hydrogen-bond donors (Lipinski definition) is 1. The number of hydrogen-bond acceptors (Lipinski definition) is 5. The Balaban J connectivity index is 1.60. The summed E-state index contributed by atoms with van der Waals surface area (Å²) >= 11 is 12.2. The molecule has 0 radical (unpaired) electrons. The van der Waals surface area contributed by atoms with Gasteiger partial charge in [-0.1, -0.05) is 53.5 Å². The van der Waals surface area contributed by atoms with Crippen LogP contribution in [0, 0.1) is 0 Å². The van der Waals surface area contributed by atoms with Gasteiger partial charge in [0, 0.05) is 44.8 Å². The standard InChI is InChI=1S/C20H24Cl2N4O2/c1-14(11-18(28-20(23)27)15-5-3-2-4-6-15)25-7-9-26(10-8-25)19-17(22)12-16(21)13-24-19/h2-6,12-14,18H,7-11H2,1H3,(H2,23,27). The van der Waals surface area contributed by atoms with Crippen LogP contribution in [0.25, 0.3) is 0 Å². The summed E-state index contributed by atoms with van der Waals surface area (Å²) in [5, 5.41) is 1.09. The molecule has 1 aromatic carbocycles. The summed E-state index contributed by atoms with van der Waals surface area (Å²) in [6, 6.07) is 11.6. The molecular formula is C20H24Cl2N4O2. The first-order valence-corrected chi connectivity index (χ1v) is 10.0. The Hall–Kier alpha value is -2.02. The highest BCUT2D eigenvalue weighted by atomic mass is 35.5. The van der Waals surface area contributed by atoms with Crippen molar-refractivity contribution in [1.82, 2.24) is 9.88 Å². The van der Waals surface area contributed by atoms with Crippen LogP contribution >= 0.6 is 23.2 Å². The molecule has 0 bridgehead atoms. The van der Waals surface area contributed by atoms with Crippen molar-refractivity contribution in [1.29, 1.82) is 0 Å². The van der Waals surface area contributed by atoms with E-state index in [1.807, 2.05) is 30.3 Å². The molecule has 2 unspecified atom stereocenters. The van der Waals surface area contributed by atoms with Gasteiger partial charge in [-0.25, -0.2) is 9.78 Å². The van der Waals surface area contributed by atoms with Crippen molar-refractivity contribution in [2.24, 2.45) is 5.73 Å². The van der Waals surface area contributed by atoms with Crippen LogP contribution in [0.15, 0.2) is 42.6 Å². The van der Waals surface area contributed by atoms with Crippen molar-refractivity contribution < 1.29 is 9.53 Å². The monoisotopic (exact) mass is 422 g/mol. The normalized spacial score (nSPS) is 17.2. The Morgan fingerprint density at radius 2 is 1.89 bits per heavy atom. The number of primary amides is 1. The van der Waals surface area contributed by atoms with E-state index in [0.717, 1.165) is 37.6 Å². The van der Waals surface area contributed by atoms with Gasteiger partial charge < -0.3 is 15.4 Å². The molecule has 2 N–H and O–H groups in total. The van der Waals surface area contributed by atoms with Crippen LogP contribution in [0.2, 0.25) is 10.0 Å². The second kappa shape index (κ2) is 9.45. The van der Waals surface area contributed by atoms with Crippen molar-refractivity contribution in [3.05, 3.63) is 58.2 Å². The number of halogens is 2. The van der Waals surface area contributed by atoms with Gasteiger partial charge in [0.1, 0.15) is 11.9 Å². The molecule has 3 rings (SSSR count). The van der Waals surface area contributed by atoms with E-state index in [4.69, 9.17) is 33.7 Å². The molecule has 1 saturated heterocycles. The second-order valence-corrected chi connectivity index (χ2v) is 7.75. The third-order valence-electron chi connectivity index (χ3n) is 5.01. The number of amides is 1. The molecule has 0 saturated carbocycles. The first-order valence-electron chi connectivity index (χ1n) is 9.25. The molecule has 150 valence electrons. The highest BCUT2D eigenvalue weighted by Crippen LogP contribution is 2.28. The summed E-state index contributed by atoms with van der Waals surface area (Å²) in [5.74, 6) is 0.762. The summed E-state index contributed by atoms with van der Waals surface area (Å²) in [7, 11) is 0. The molecule has 1 fully saturated rings. The highest BCUT2D eigenvalue weighted by molar-refractivity contribution is 6.36. The van der Waals surface area contributed by atoms with Crippen LogP contribution in [0.3, 0.4) is 0 Å². The predicted molar refractivity (Wildman–Crippen MR) is 112 cm³/mol. The molecule has 1 aliphatic heterocycles. The lowest BCUT2D eigenvalue weighted by molar-refractivity contribution is 0.0739. The van der Waals surface area contributed by atoms with Crippen LogP contribution < -0.4 is 10.6 Å². The minimum atomic E-state index is -0.755. The number of piperazine rings is 1. The SMILES string of the molecule is CC(CC(OC(N)=O)c1ccccc1)N1CCN(c2ncc(Cl)cc2Cl)CC1. The number of aromatic nitrogens is 1. The predicted octanol–water partition coefficient (Wildman–Crippen LogP) is 4.13. The topological polar surface area (TPSA) is 71.7 Å². The van der Waals surface area contributed by atoms with Gasteiger partial charge >= 0.3 is 6.09 Å².